The van der Waals surface area contributed by atoms with Gasteiger partial charge in [0.15, 0.2) is 5.05 Å². The predicted molar refractivity (Wildman–Crippen MR) is 87.1 cm³/mol. The molecule has 1 aliphatic rings. The van der Waals surface area contributed by atoms with Crippen LogP contribution in [0.15, 0.2) is 24.3 Å². The molecule has 0 radical (unpaired) electrons. The first-order chi connectivity index (χ1) is 9.04. The van der Waals surface area contributed by atoms with Crippen LogP contribution in [0.25, 0.3) is 0 Å². The summed E-state index contributed by atoms with van der Waals surface area (Å²) in [5, 5.41) is 0.636. The van der Waals surface area contributed by atoms with E-state index in [4.69, 9.17) is 17.0 Å². The predicted octanol–water partition coefficient (Wildman–Crippen LogP) is 3.81. The van der Waals surface area contributed by atoms with Crippen LogP contribution in [0, 0.1) is 0 Å². The van der Waals surface area contributed by atoms with Gasteiger partial charge in [0.05, 0.1) is 6.61 Å². The summed E-state index contributed by atoms with van der Waals surface area (Å²) in [6.07, 6.45) is 1.34. The van der Waals surface area contributed by atoms with Gasteiger partial charge in [0, 0.05) is 12.1 Å². The Hall–Kier alpha value is -0.713. The Morgan fingerprint density at radius 1 is 1.37 bits per heavy atom. The van der Waals surface area contributed by atoms with Gasteiger partial charge in [-0.15, -0.1) is 0 Å². The summed E-state index contributed by atoms with van der Waals surface area (Å²) in [6, 6.07) is 9.81. The van der Waals surface area contributed by atoms with E-state index in [1.807, 2.05) is 13.0 Å². The van der Waals surface area contributed by atoms with Crippen LogP contribution < -0.4 is 0 Å². The Balaban J connectivity index is 2.18. The number of thiocarbonyl (C=S) groups is 1. The highest BCUT2D eigenvalue weighted by Crippen LogP contribution is 2.28. The van der Waals surface area contributed by atoms with E-state index in [2.05, 4.69) is 35.9 Å². The topological polar surface area (TPSA) is 12.5 Å². The van der Waals surface area contributed by atoms with Gasteiger partial charge in [-0.3, -0.25) is 0 Å². The highest BCUT2D eigenvalue weighted by molar-refractivity contribution is 7.80. The van der Waals surface area contributed by atoms with Crippen molar-refractivity contribution < 1.29 is 4.74 Å². The molecule has 2 nitrogen and oxygen atoms in total. The normalized spacial score (nSPS) is 18.5. The number of ether oxygens (including phenoxy) is 1. The monoisotopic (exact) mass is 293 g/mol. The quantitative estimate of drug-likeness (QED) is 0.619. The Morgan fingerprint density at radius 3 is 2.74 bits per heavy atom. The molecule has 0 amide bonds. The second-order valence-electron chi connectivity index (χ2n) is 5.72. The van der Waals surface area contributed by atoms with Gasteiger partial charge < -0.3 is 9.30 Å². The number of benzene rings is 1. The molecule has 1 aliphatic heterocycles. The van der Waals surface area contributed by atoms with Crippen LogP contribution in [0.2, 0.25) is 19.1 Å². The molecule has 0 unspecified atom stereocenters. The Kier molecular flexibility index (Phi) is 4.76. The average Bonchev–Trinajstić information content (AvgIpc) is 2.70. The fourth-order valence-corrected chi connectivity index (χ4v) is 5.75. The van der Waals surface area contributed by atoms with Crippen molar-refractivity contribution in [2.45, 2.75) is 39.0 Å². The van der Waals surface area contributed by atoms with E-state index in [0.717, 1.165) is 12.1 Å². The number of nitrogens with zero attached hydrogens (tertiary/aromatic N) is 1. The van der Waals surface area contributed by atoms with E-state index in [1.54, 1.807) is 0 Å². The molecule has 1 fully saturated rings. The molecule has 1 aromatic carbocycles. The molecule has 0 bridgehead atoms. The molecule has 1 heterocycles. The zero-order chi connectivity index (χ0) is 13.9. The molecule has 0 N–H and O–H groups in total. The zero-order valence-corrected chi connectivity index (χ0v) is 13.9. The van der Waals surface area contributed by atoms with Crippen LogP contribution in [0.1, 0.15) is 24.5 Å². The van der Waals surface area contributed by atoms with Crippen molar-refractivity contribution in [2.75, 3.05) is 13.2 Å². The second kappa shape index (κ2) is 6.16. The Morgan fingerprint density at radius 2 is 2.11 bits per heavy atom. The minimum atomic E-state index is -1.18. The molecule has 2 rings (SSSR count). The fourth-order valence-electron chi connectivity index (χ4n) is 2.73. The van der Waals surface area contributed by atoms with Crippen LogP contribution in [-0.2, 0) is 11.3 Å². The average molecular weight is 294 g/mol. The molecule has 1 saturated heterocycles. The summed E-state index contributed by atoms with van der Waals surface area (Å²) in [7, 11) is -1.18. The molecular formula is C15H23NOSSi. The third-order valence-corrected chi connectivity index (χ3v) is 7.96. The van der Waals surface area contributed by atoms with Crippen molar-refractivity contribution in [1.82, 2.24) is 4.57 Å². The maximum Gasteiger partial charge on any atom is 0.191 e. The lowest BCUT2D eigenvalue weighted by Gasteiger charge is -2.30. The second-order valence-corrected chi connectivity index (χ2v) is 10.8. The number of hydrogen-bond acceptors (Lipinski definition) is 3. The molecule has 0 spiro atoms. The molecular weight excluding hydrogens is 270 g/mol. The van der Waals surface area contributed by atoms with Gasteiger partial charge in [-0.05, 0) is 43.7 Å². The maximum absolute atomic E-state index is 5.51. The van der Waals surface area contributed by atoms with Gasteiger partial charge in [0.2, 0.25) is 0 Å². The van der Waals surface area contributed by atoms with Gasteiger partial charge in [-0.1, -0.05) is 37.4 Å². The molecule has 0 saturated carbocycles. The van der Waals surface area contributed by atoms with Crippen LogP contribution in [-0.4, -0.2) is 31.0 Å². The lowest BCUT2D eigenvalue weighted by Crippen LogP contribution is -2.42. The Bertz CT molecular complexity index is 461. The first kappa shape index (κ1) is 14.7. The summed E-state index contributed by atoms with van der Waals surface area (Å²) >= 11 is 5.38. The highest BCUT2D eigenvalue weighted by Gasteiger charge is 2.34. The third-order valence-electron chi connectivity index (χ3n) is 3.95. The van der Waals surface area contributed by atoms with Crippen molar-refractivity contribution in [3.63, 3.8) is 0 Å². The van der Waals surface area contributed by atoms with Crippen LogP contribution in [0.5, 0.6) is 0 Å². The van der Waals surface area contributed by atoms with Crippen LogP contribution >= 0.6 is 12.2 Å². The summed E-state index contributed by atoms with van der Waals surface area (Å²) in [5.41, 5.74) is 2.40. The van der Waals surface area contributed by atoms with E-state index in [9.17, 15) is 0 Å². The molecule has 4 heteroatoms. The van der Waals surface area contributed by atoms with E-state index in [-0.39, 0.29) is 0 Å². The molecule has 0 aromatic heterocycles. The maximum atomic E-state index is 5.51. The van der Waals surface area contributed by atoms with Crippen molar-refractivity contribution in [3.8, 4) is 0 Å². The van der Waals surface area contributed by atoms with Crippen molar-refractivity contribution in [1.29, 1.82) is 0 Å². The molecule has 0 atom stereocenters. The first-order valence-corrected chi connectivity index (χ1v) is 10.6. The summed E-state index contributed by atoms with van der Waals surface area (Å²) in [5.74, 6) is 0. The van der Waals surface area contributed by atoms with Gasteiger partial charge >= 0.3 is 0 Å². The molecule has 0 aliphatic carbocycles. The summed E-state index contributed by atoms with van der Waals surface area (Å²) < 4.78 is 8.19. The van der Waals surface area contributed by atoms with Crippen molar-refractivity contribution in [2.24, 2.45) is 0 Å². The first-order valence-electron chi connectivity index (χ1n) is 7.04. The van der Waals surface area contributed by atoms with Crippen molar-refractivity contribution in [3.05, 3.63) is 35.4 Å². The smallest absolute Gasteiger partial charge is 0.191 e. The van der Waals surface area contributed by atoms with E-state index in [0.29, 0.717) is 11.7 Å². The lowest BCUT2D eigenvalue weighted by atomic mass is 10.1. The summed E-state index contributed by atoms with van der Waals surface area (Å²) in [6.45, 7) is 9.78. The molecule has 104 valence electrons. The number of hydrogen-bond donors (Lipinski definition) is 0. The van der Waals surface area contributed by atoms with E-state index in [1.165, 1.54) is 24.6 Å². The SMILES string of the molecule is CCOC(=S)c1ccccc1CN1CCC[Si]1(C)C. The van der Waals surface area contributed by atoms with Gasteiger partial charge in [-0.2, -0.15) is 0 Å². The van der Waals surface area contributed by atoms with E-state index < -0.39 is 8.24 Å². The zero-order valence-electron chi connectivity index (χ0n) is 12.1. The highest BCUT2D eigenvalue weighted by atomic mass is 32.1. The van der Waals surface area contributed by atoms with Crippen LogP contribution in [0.3, 0.4) is 0 Å². The standard InChI is InChI=1S/C15H23NOSSi/c1-4-17-15(18)14-9-6-5-8-13(14)12-16-10-7-11-19(16,2)3/h5-6,8-9H,4,7,10-12H2,1-3H3. The summed E-state index contributed by atoms with van der Waals surface area (Å²) in [4.78, 5) is 0. The van der Waals surface area contributed by atoms with Gasteiger partial charge in [0.1, 0.15) is 8.24 Å². The minimum Gasteiger partial charge on any atom is -0.483 e. The van der Waals surface area contributed by atoms with Crippen LogP contribution in [0.4, 0.5) is 0 Å². The van der Waals surface area contributed by atoms with Crippen molar-refractivity contribution >= 4 is 25.5 Å². The third kappa shape index (κ3) is 3.44. The molecule has 19 heavy (non-hydrogen) atoms. The largest absolute Gasteiger partial charge is 0.483 e. The van der Waals surface area contributed by atoms with E-state index >= 15 is 0 Å². The number of rotatable bonds is 4. The molecule has 1 aromatic rings. The van der Waals surface area contributed by atoms with Gasteiger partial charge in [-0.25, -0.2) is 0 Å². The minimum absolute atomic E-state index is 0.636. The Labute approximate surface area is 122 Å². The fraction of sp³-hybridized carbons (Fsp3) is 0.533. The lowest BCUT2D eigenvalue weighted by molar-refractivity contribution is 0.337. The van der Waals surface area contributed by atoms with Gasteiger partial charge in [0.25, 0.3) is 0 Å².